The predicted molar refractivity (Wildman–Crippen MR) is 452 cm³/mol. The van der Waals surface area contributed by atoms with Gasteiger partial charge in [0.1, 0.15) is 0 Å². The van der Waals surface area contributed by atoms with Crippen LogP contribution in [-0.4, -0.2) is 9.13 Å². The third-order valence-electron chi connectivity index (χ3n) is 21.0. The summed E-state index contributed by atoms with van der Waals surface area (Å²) in [6.07, 6.45) is 0. The molecule has 2 N–H and O–H groups in total. The molecular weight excluding hydrogens is 1300 g/mol. The number of fused-ring (bicyclic) bond motifs is 6. The summed E-state index contributed by atoms with van der Waals surface area (Å²) in [7, 11) is 0. The van der Waals surface area contributed by atoms with Crippen molar-refractivity contribution in [1.82, 2.24) is 9.13 Å². The van der Waals surface area contributed by atoms with Crippen molar-refractivity contribution in [3.05, 3.63) is 419 Å². The summed E-state index contributed by atoms with van der Waals surface area (Å²) < 4.78 is 4.88. The number of para-hydroxylation sites is 7. The van der Waals surface area contributed by atoms with Gasteiger partial charge < -0.3 is 24.7 Å². The normalized spacial score (nSPS) is 11.4. The zero-order valence-corrected chi connectivity index (χ0v) is 58.7. The van der Waals surface area contributed by atoms with Crippen LogP contribution in [0.2, 0.25) is 0 Å². The molecule has 107 heavy (non-hydrogen) atoms. The first kappa shape index (κ1) is 63.6. The van der Waals surface area contributed by atoms with Gasteiger partial charge in [0.25, 0.3) is 0 Å². The SMILES string of the molecule is Nc1c(-c2cc(N(c3cc(-c4ccccc4)cc(-c4ccccc4)c3)c3ccccc3-c3ccccc3)cc(-n3c4ccccc4c4ccccc43)c2)cccc1-c1cc(N(c2cc(-c3ccccc3)cc(-c3ccccc3)c2)c2ccccc2-c2ccccc2)cc(-n2c3ccccc3c3ccccc32)c1. The van der Waals surface area contributed by atoms with Gasteiger partial charge in [-0.15, -0.1) is 0 Å². The van der Waals surface area contributed by atoms with Gasteiger partial charge in [-0.05, 0) is 176 Å². The number of rotatable bonds is 16. The summed E-state index contributed by atoms with van der Waals surface area (Å²) in [5.74, 6) is 0. The molecule has 19 aromatic rings. The van der Waals surface area contributed by atoms with Gasteiger partial charge >= 0.3 is 0 Å². The van der Waals surface area contributed by atoms with E-state index in [0.29, 0.717) is 5.69 Å². The van der Waals surface area contributed by atoms with Crippen LogP contribution < -0.4 is 15.5 Å². The Kier molecular flexibility index (Phi) is 16.4. The maximum absolute atomic E-state index is 8.24. The van der Waals surface area contributed by atoms with Gasteiger partial charge in [0.15, 0.2) is 0 Å². The van der Waals surface area contributed by atoms with Crippen LogP contribution in [0.4, 0.5) is 39.8 Å². The Labute approximate surface area is 623 Å². The molecule has 0 spiro atoms. The molecule has 504 valence electrons. The summed E-state index contributed by atoms with van der Waals surface area (Å²) in [6.45, 7) is 0. The van der Waals surface area contributed by atoms with Crippen molar-refractivity contribution in [1.29, 1.82) is 0 Å². The maximum Gasteiger partial charge on any atom is 0.0541 e. The first-order chi connectivity index (χ1) is 53.0. The largest absolute Gasteiger partial charge is 0.398 e. The molecule has 2 aromatic heterocycles. The number of aromatic nitrogens is 2. The van der Waals surface area contributed by atoms with E-state index in [-0.39, 0.29) is 0 Å². The number of benzene rings is 17. The zero-order chi connectivity index (χ0) is 71.2. The highest BCUT2D eigenvalue weighted by Gasteiger charge is 2.27. The smallest absolute Gasteiger partial charge is 0.0541 e. The Morgan fingerprint density at radius 2 is 0.421 bits per heavy atom. The fourth-order valence-electron chi connectivity index (χ4n) is 16.1. The molecule has 19 rings (SSSR count). The summed E-state index contributed by atoms with van der Waals surface area (Å²) >= 11 is 0. The number of hydrogen-bond acceptors (Lipinski definition) is 3. The topological polar surface area (TPSA) is 42.4 Å². The Hall–Kier alpha value is -14.3. The second kappa shape index (κ2) is 27.5. The van der Waals surface area contributed by atoms with Gasteiger partial charge in [0, 0.05) is 83.6 Å². The molecule has 0 saturated heterocycles. The van der Waals surface area contributed by atoms with E-state index in [9.17, 15) is 0 Å². The number of hydrogen-bond donors (Lipinski definition) is 1. The Bertz CT molecular complexity index is 5890. The molecule has 0 fully saturated rings. The van der Waals surface area contributed by atoms with Crippen molar-refractivity contribution in [3.8, 4) is 100 Å². The number of nitrogen functional groups attached to an aromatic ring is 1. The number of anilines is 7. The highest BCUT2D eigenvalue weighted by atomic mass is 15.2. The molecule has 17 aromatic carbocycles. The van der Waals surface area contributed by atoms with Crippen LogP contribution in [0.5, 0.6) is 0 Å². The van der Waals surface area contributed by atoms with Crippen LogP contribution in [0.25, 0.3) is 144 Å². The lowest BCUT2D eigenvalue weighted by Crippen LogP contribution is -2.13. The van der Waals surface area contributed by atoms with Gasteiger partial charge in [0.2, 0.25) is 0 Å². The van der Waals surface area contributed by atoms with E-state index in [4.69, 9.17) is 5.73 Å². The van der Waals surface area contributed by atoms with Crippen molar-refractivity contribution < 1.29 is 0 Å². The van der Waals surface area contributed by atoms with E-state index >= 15 is 0 Å². The first-order valence-electron chi connectivity index (χ1n) is 36.6. The fraction of sp³-hybridized carbons (Fsp3) is 0. The molecule has 0 aliphatic rings. The average Bonchev–Trinajstić information content (AvgIpc) is 1.66. The predicted octanol–water partition coefficient (Wildman–Crippen LogP) is 27.7. The molecule has 0 bridgehead atoms. The second-order valence-electron chi connectivity index (χ2n) is 27.4. The van der Waals surface area contributed by atoms with E-state index < -0.39 is 0 Å². The summed E-state index contributed by atoms with van der Waals surface area (Å²) in [5, 5.41) is 4.70. The molecule has 0 saturated carbocycles. The number of nitrogens with zero attached hydrogens (tertiary/aromatic N) is 4. The minimum atomic E-state index is 0.644. The zero-order valence-electron chi connectivity index (χ0n) is 58.7. The van der Waals surface area contributed by atoms with Crippen molar-refractivity contribution >= 4 is 83.4 Å². The van der Waals surface area contributed by atoms with Crippen molar-refractivity contribution in [2.45, 2.75) is 0 Å². The average molecular weight is 1370 g/mol. The number of nitrogens with two attached hydrogens (primary N) is 1. The van der Waals surface area contributed by atoms with Crippen LogP contribution in [-0.2, 0) is 0 Å². The first-order valence-corrected chi connectivity index (χ1v) is 36.6. The van der Waals surface area contributed by atoms with Crippen LogP contribution in [0, 0.1) is 0 Å². The fourth-order valence-corrected chi connectivity index (χ4v) is 16.1. The van der Waals surface area contributed by atoms with Gasteiger partial charge in [-0.3, -0.25) is 0 Å². The summed E-state index contributed by atoms with van der Waals surface area (Å²) in [5.41, 5.74) is 38.2. The summed E-state index contributed by atoms with van der Waals surface area (Å²) in [6, 6.07) is 152. The van der Waals surface area contributed by atoms with Crippen LogP contribution in [0.15, 0.2) is 419 Å². The Morgan fingerprint density at radius 3 is 0.738 bits per heavy atom. The van der Waals surface area contributed by atoms with Crippen molar-refractivity contribution in [3.63, 3.8) is 0 Å². The minimum absolute atomic E-state index is 0.644. The van der Waals surface area contributed by atoms with Crippen molar-refractivity contribution in [2.75, 3.05) is 15.5 Å². The quantitative estimate of drug-likeness (QED) is 0.0981. The standard InChI is InChI=1S/C102H71N5/c103-102-90(80-64-84(68-86(66-80)106-98-54-27-21-46-92(98)93-47-22-28-55-99(93)106)104(96-52-25-19-44-88(96)74-40-15-5-16-41-74)82-60-76(70-32-7-1-8-33-70)58-77(61-82)71-34-9-2-10-35-71)50-31-51-91(102)81-65-85(69-87(67-81)107-100-56-29-23-48-94(100)95-49-24-30-57-101(95)107)105(97-53-26-20-45-89(97)75-42-17-6-18-43-75)83-62-78(72-36-11-3-12-37-72)59-79(63-83)73-38-13-4-14-39-73/h1-69H,103H2. The molecule has 0 aliphatic carbocycles. The van der Waals surface area contributed by atoms with Crippen LogP contribution in [0.1, 0.15) is 0 Å². The monoisotopic (exact) mass is 1370 g/mol. The van der Waals surface area contributed by atoms with Crippen LogP contribution >= 0.6 is 0 Å². The van der Waals surface area contributed by atoms with E-state index in [1.54, 1.807) is 0 Å². The third kappa shape index (κ3) is 11.8. The lowest BCUT2D eigenvalue weighted by Gasteiger charge is -2.30. The lowest BCUT2D eigenvalue weighted by atomic mass is 9.93. The molecule has 5 heteroatoms. The van der Waals surface area contributed by atoms with Gasteiger partial charge in [-0.25, -0.2) is 0 Å². The van der Waals surface area contributed by atoms with Gasteiger partial charge in [0.05, 0.1) is 33.4 Å². The maximum atomic E-state index is 8.24. The van der Waals surface area contributed by atoms with E-state index in [1.165, 1.54) is 21.5 Å². The van der Waals surface area contributed by atoms with E-state index in [1.807, 2.05) is 0 Å². The summed E-state index contributed by atoms with van der Waals surface area (Å²) in [4.78, 5) is 4.95. The Balaban J connectivity index is 0.892. The second-order valence-corrected chi connectivity index (χ2v) is 27.4. The molecule has 0 unspecified atom stereocenters. The molecule has 0 aliphatic heterocycles. The van der Waals surface area contributed by atoms with Gasteiger partial charge in [-0.1, -0.05) is 309 Å². The van der Waals surface area contributed by atoms with Crippen LogP contribution in [0.3, 0.4) is 0 Å². The molecule has 2 heterocycles. The highest BCUT2D eigenvalue weighted by Crippen LogP contribution is 2.51. The molecular formula is C102H71N5. The van der Waals surface area contributed by atoms with E-state index in [0.717, 1.165) is 157 Å². The van der Waals surface area contributed by atoms with Crippen molar-refractivity contribution in [2.24, 2.45) is 0 Å². The highest BCUT2D eigenvalue weighted by molar-refractivity contribution is 6.11. The molecule has 0 amide bonds. The lowest BCUT2D eigenvalue weighted by molar-refractivity contribution is 1.17. The molecule has 5 nitrogen and oxygen atoms in total. The third-order valence-corrected chi connectivity index (χ3v) is 21.0. The molecule has 0 atom stereocenters. The minimum Gasteiger partial charge on any atom is -0.398 e. The van der Waals surface area contributed by atoms with E-state index in [2.05, 4.69) is 438 Å². The molecule has 0 radical (unpaired) electrons. The van der Waals surface area contributed by atoms with Gasteiger partial charge in [-0.2, -0.15) is 0 Å². The Morgan fingerprint density at radius 1 is 0.178 bits per heavy atom.